The third kappa shape index (κ3) is 3.21. The molecule has 0 saturated heterocycles. The first kappa shape index (κ1) is 18.1. The second-order valence-electron chi connectivity index (χ2n) is 6.09. The lowest BCUT2D eigenvalue weighted by Gasteiger charge is -2.07. The van der Waals surface area contributed by atoms with Gasteiger partial charge in [0.25, 0.3) is 5.69 Å². The van der Waals surface area contributed by atoms with Crippen molar-refractivity contribution >= 4 is 16.6 Å². The number of nitrogens with zero attached hydrogens (tertiary/aromatic N) is 2. The number of aromatic nitrogens is 1. The summed E-state index contributed by atoms with van der Waals surface area (Å²) in [4.78, 5) is 11.4. The summed E-state index contributed by atoms with van der Waals surface area (Å²) in [6.07, 6.45) is 0. The standard InChI is InChI=1S/C20H22N2O4/c1-4-26-12-14-10-16-17(13-25-3)19(15-8-6-5-7-9-15)21(2)20(16)18(11-14)22(23)24/h5-11H,4,12-13H2,1-3H3. The van der Waals surface area contributed by atoms with Gasteiger partial charge in [-0.2, -0.15) is 0 Å². The number of rotatable bonds is 7. The van der Waals surface area contributed by atoms with Gasteiger partial charge in [-0.25, -0.2) is 0 Å². The van der Waals surface area contributed by atoms with Crippen molar-refractivity contribution in [2.75, 3.05) is 13.7 Å². The van der Waals surface area contributed by atoms with E-state index in [2.05, 4.69) is 0 Å². The molecule has 2 aromatic carbocycles. The van der Waals surface area contributed by atoms with Crippen molar-refractivity contribution < 1.29 is 14.4 Å². The Morgan fingerprint density at radius 1 is 1.15 bits per heavy atom. The summed E-state index contributed by atoms with van der Waals surface area (Å²) in [5, 5.41) is 12.6. The van der Waals surface area contributed by atoms with Gasteiger partial charge >= 0.3 is 0 Å². The number of hydrogen-bond acceptors (Lipinski definition) is 4. The first-order valence-electron chi connectivity index (χ1n) is 8.49. The minimum atomic E-state index is -0.330. The maximum atomic E-state index is 11.7. The van der Waals surface area contributed by atoms with E-state index in [1.165, 1.54) is 0 Å². The molecule has 0 fully saturated rings. The summed E-state index contributed by atoms with van der Waals surface area (Å²) < 4.78 is 12.8. The van der Waals surface area contributed by atoms with Gasteiger partial charge in [-0.15, -0.1) is 0 Å². The Morgan fingerprint density at radius 3 is 2.50 bits per heavy atom. The summed E-state index contributed by atoms with van der Waals surface area (Å²) in [7, 11) is 3.49. The Bertz CT molecular complexity index is 932. The van der Waals surface area contributed by atoms with Crippen molar-refractivity contribution in [2.24, 2.45) is 7.05 Å². The highest BCUT2D eigenvalue weighted by Crippen LogP contribution is 2.38. The molecule has 0 bridgehead atoms. The molecule has 0 aliphatic rings. The van der Waals surface area contributed by atoms with Crippen LogP contribution in [0, 0.1) is 10.1 Å². The highest BCUT2D eigenvalue weighted by atomic mass is 16.6. The molecule has 1 aromatic heterocycles. The molecule has 6 nitrogen and oxygen atoms in total. The molecule has 0 amide bonds. The topological polar surface area (TPSA) is 66.5 Å². The highest BCUT2D eigenvalue weighted by molar-refractivity contribution is 5.97. The summed E-state index contributed by atoms with van der Waals surface area (Å²) in [5.41, 5.74) is 4.34. The van der Waals surface area contributed by atoms with Gasteiger partial charge in [-0.3, -0.25) is 10.1 Å². The maximum Gasteiger partial charge on any atom is 0.293 e. The molecule has 0 saturated carbocycles. The minimum absolute atomic E-state index is 0.0826. The number of aryl methyl sites for hydroxylation is 1. The van der Waals surface area contributed by atoms with Crippen molar-refractivity contribution in [1.82, 2.24) is 4.57 Å². The molecule has 3 aromatic rings. The summed E-state index contributed by atoms with van der Waals surface area (Å²) >= 11 is 0. The molecule has 136 valence electrons. The van der Waals surface area contributed by atoms with Gasteiger partial charge < -0.3 is 14.0 Å². The van der Waals surface area contributed by atoms with Gasteiger partial charge in [0.2, 0.25) is 0 Å². The molecule has 0 radical (unpaired) electrons. The predicted molar refractivity (Wildman–Crippen MR) is 101 cm³/mol. The molecule has 0 spiro atoms. The van der Waals surface area contributed by atoms with Crippen LogP contribution in [0.1, 0.15) is 18.1 Å². The Hall–Kier alpha value is -2.70. The molecule has 26 heavy (non-hydrogen) atoms. The molecule has 0 unspecified atom stereocenters. The molecule has 0 atom stereocenters. The van der Waals surface area contributed by atoms with E-state index < -0.39 is 0 Å². The van der Waals surface area contributed by atoms with Crippen LogP contribution >= 0.6 is 0 Å². The van der Waals surface area contributed by atoms with Crippen molar-refractivity contribution in [3.63, 3.8) is 0 Å². The van der Waals surface area contributed by atoms with Crippen LogP contribution < -0.4 is 0 Å². The second-order valence-corrected chi connectivity index (χ2v) is 6.09. The van der Waals surface area contributed by atoms with E-state index in [-0.39, 0.29) is 10.6 Å². The van der Waals surface area contributed by atoms with Crippen LogP contribution in [0.3, 0.4) is 0 Å². The van der Waals surface area contributed by atoms with Gasteiger partial charge in [-0.1, -0.05) is 30.3 Å². The van der Waals surface area contributed by atoms with Gasteiger partial charge in [-0.05, 0) is 24.1 Å². The molecule has 6 heteroatoms. The van der Waals surface area contributed by atoms with E-state index in [4.69, 9.17) is 9.47 Å². The minimum Gasteiger partial charge on any atom is -0.380 e. The number of fused-ring (bicyclic) bond motifs is 1. The van der Waals surface area contributed by atoms with Crippen LogP contribution in [-0.4, -0.2) is 23.2 Å². The lowest BCUT2D eigenvalue weighted by molar-refractivity contribution is -0.383. The average Bonchev–Trinajstić information content (AvgIpc) is 2.92. The Morgan fingerprint density at radius 2 is 1.88 bits per heavy atom. The summed E-state index contributed by atoms with van der Waals surface area (Å²) in [6, 6.07) is 13.4. The summed E-state index contributed by atoms with van der Waals surface area (Å²) in [6.45, 7) is 3.17. The number of ether oxygens (including phenoxy) is 2. The molecule has 0 aliphatic carbocycles. The number of non-ortho nitro benzene ring substituents is 1. The van der Waals surface area contributed by atoms with Crippen LogP contribution in [-0.2, 0) is 29.7 Å². The van der Waals surface area contributed by atoms with Crippen LogP contribution in [0.25, 0.3) is 22.2 Å². The molecular weight excluding hydrogens is 332 g/mol. The molecule has 0 N–H and O–H groups in total. The van der Waals surface area contributed by atoms with Crippen molar-refractivity contribution in [3.05, 3.63) is 63.7 Å². The number of methoxy groups -OCH3 is 1. The fourth-order valence-corrected chi connectivity index (χ4v) is 3.40. The van der Waals surface area contributed by atoms with Crippen molar-refractivity contribution in [2.45, 2.75) is 20.1 Å². The molecular formula is C20H22N2O4. The second kappa shape index (κ2) is 7.68. The first-order chi connectivity index (χ1) is 12.6. The number of hydrogen-bond donors (Lipinski definition) is 0. The monoisotopic (exact) mass is 354 g/mol. The smallest absolute Gasteiger partial charge is 0.293 e. The molecule has 0 aliphatic heterocycles. The van der Waals surface area contributed by atoms with E-state index in [9.17, 15) is 10.1 Å². The van der Waals surface area contributed by atoms with E-state index in [1.54, 1.807) is 13.2 Å². The average molecular weight is 354 g/mol. The molecule has 1 heterocycles. The Labute approximate surface area is 152 Å². The van der Waals surface area contributed by atoms with Gasteiger partial charge in [0.15, 0.2) is 0 Å². The zero-order valence-corrected chi connectivity index (χ0v) is 15.2. The zero-order chi connectivity index (χ0) is 18.7. The SMILES string of the molecule is CCOCc1cc([N+](=O)[O-])c2c(c1)c(COC)c(-c1ccccc1)n2C. The van der Waals surface area contributed by atoms with E-state index >= 15 is 0 Å². The third-order valence-electron chi connectivity index (χ3n) is 4.44. The summed E-state index contributed by atoms with van der Waals surface area (Å²) in [5.74, 6) is 0. The van der Waals surface area contributed by atoms with Crippen LogP contribution in [0.2, 0.25) is 0 Å². The van der Waals surface area contributed by atoms with Crippen LogP contribution in [0.5, 0.6) is 0 Å². The normalized spacial score (nSPS) is 11.2. The van der Waals surface area contributed by atoms with E-state index in [0.717, 1.165) is 27.8 Å². The van der Waals surface area contributed by atoms with Crippen LogP contribution in [0.15, 0.2) is 42.5 Å². The number of benzene rings is 2. The number of nitro benzene ring substituents is 1. The Balaban J connectivity index is 2.35. The predicted octanol–water partition coefficient (Wildman–Crippen LogP) is 4.44. The van der Waals surface area contributed by atoms with Crippen LogP contribution in [0.4, 0.5) is 5.69 Å². The quantitative estimate of drug-likeness (QED) is 0.465. The van der Waals surface area contributed by atoms with E-state index in [0.29, 0.717) is 25.3 Å². The third-order valence-corrected chi connectivity index (χ3v) is 4.44. The van der Waals surface area contributed by atoms with Crippen molar-refractivity contribution in [3.8, 4) is 11.3 Å². The van der Waals surface area contributed by atoms with Crippen molar-refractivity contribution in [1.29, 1.82) is 0 Å². The molecule has 3 rings (SSSR count). The lowest BCUT2D eigenvalue weighted by Crippen LogP contribution is -1.98. The lowest BCUT2D eigenvalue weighted by atomic mass is 10.0. The van der Waals surface area contributed by atoms with Gasteiger partial charge in [0.05, 0.1) is 23.8 Å². The van der Waals surface area contributed by atoms with Gasteiger partial charge in [0.1, 0.15) is 5.52 Å². The highest BCUT2D eigenvalue weighted by Gasteiger charge is 2.24. The largest absolute Gasteiger partial charge is 0.380 e. The van der Waals surface area contributed by atoms with Gasteiger partial charge in [0, 0.05) is 37.8 Å². The fourth-order valence-electron chi connectivity index (χ4n) is 3.40. The number of nitro groups is 1. The maximum absolute atomic E-state index is 11.7. The Kier molecular flexibility index (Phi) is 5.35. The zero-order valence-electron chi connectivity index (χ0n) is 15.2. The fraction of sp³-hybridized carbons (Fsp3) is 0.300. The first-order valence-corrected chi connectivity index (χ1v) is 8.49. The van der Waals surface area contributed by atoms with E-state index in [1.807, 2.05) is 54.9 Å².